The Kier molecular flexibility index (Phi) is 7.41. The molecule has 10 aromatic rings. The first kappa shape index (κ1) is 30.4. The van der Waals surface area contributed by atoms with Crippen molar-refractivity contribution in [3.05, 3.63) is 200 Å². The zero-order valence-corrected chi connectivity index (χ0v) is 29.2. The fourth-order valence-electron chi connectivity index (χ4n) is 7.74. The molecular weight excluding hydrogens is 647 g/mol. The quantitative estimate of drug-likeness (QED) is 0.169. The smallest absolute Gasteiger partial charge is 0.0468 e. The number of benzene rings is 9. The molecule has 0 saturated carbocycles. The summed E-state index contributed by atoms with van der Waals surface area (Å²) in [5.41, 5.74) is 10.7. The van der Waals surface area contributed by atoms with Gasteiger partial charge in [-0.15, -0.1) is 11.3 Å². The van der Waals surface area contributed by atoms with E-state index in [1.54, 1.807) is 0 Å². The van der Waals surface area contributed by atoms with Crippen molar-refractivity contribution in [2.24, 2.45) is 0 Å². The zero-order chi connectivity index (χ0) is 34.4. The van der Waals surface area contributed by atoms with E-state index in [2.05, 4.69) is 205 Å². The van der Waals surface area contributed by atoms with Crippen LogP contribution < -0.4 is 4.90 Å². The van der Waals surface area contributed by atoms with Gasteiger partial charge in [0, 0.05) is 42.6 Å². The first-order chi connectivity index (χ1) is 25.8. The van der Waals surface area contributed by atoms with Gasteiger partial charge in [0.15, 0.2) is 0 Å². The van der Waals surface area contributed by atoms with Crippen molar-refractivity contribution < 1.29 is 0 Å². The molecule has 0 aliphatic heterocycles. The normalized spacial score (nSPS) is 11.5. The molecule has 10 rings (SSSR count). The van der Waals surface area contributed by atoms with Crippen molar-refractivity contribution in [1.82, 2.24) is 0 Å². The Morgan fingerprint density at radius 1 is 0.308 bits per heavy atom. The fourth-order valence-corrected chi connectivity index (χ4v) is 8.95. The van der Waals surface area contributed by atoms with Crippen LogP contribution >= 0.6 is 11.3 Å². The number of anilines is 3. The third kappa shape index (κ3) is 5.24. The average molecular weight is 680 g/mol. The lowest BCUT2D eigenvalue weighted by molar-refractivity contribution is 1.29. The minimum atomic E-state index is 1.12. The monoisotopic (exact) mass is 679 g/mol. The van der Waals surface area contributed by atoms with Crippen LogP contribution in [0, 0.1) is 0 Å². The van der Waals surface area contributed by atoms with E-state index in [-0.39, 0.29) is 0 Å². The summed E-state index contributed by atoms with van der Waals surface area (Å²) in [6.45, 7) is 0. The van der Waals surface area contributed by atoms with Crippen LogP contribution in [-0.2, 0) is 0 Å². The van der Waals surface area contributed by atoms with Gasteiger partial charge in [0.2, 0.25) is 0 Å². The summed E-state index contributed by atoms with van der Waals surface area (Å²) in [5, 5.41) is 7.69. The highest BCUT2D eigenvalue weighted by molar-refractivity contribution is 7.26. The third-order valence-electron chi connectivity index (χ3n) is 10.2. The first-order valence-electron chi connectivity index (χ1n) is 17.8. The van der Waals surface area contributed by atoms with Crippen LogP contribution in [-0.4, -0.2) is 0 Å². The fraction of sp³-hybridized carbons (Fsp3) is 0. The molecular formula is C50H33NS. The Balaban J connectivity index is 1.19. The van der Waals surface area contributed by atoms with Crippen molar-refractivity contribution in [2.45, 2.75) is 0 Å². The number of nitrogens with zero attached hydrogens (tertiary/aromatic N) is 1. The van der Waals surface area contributed by atoms with Gasteiger partial charge in [0.1, 0.15) is 0 Å². The second-order valence-electron chi connectivity index (χ2n) is 13.3. The minimum Gasteiger partial charge on any atom is -0.310 e. The molecule has 1 aromatic heterocycles. The molecule has 52 heavy (non-hydrogen) atoms. The lowest BCUT2D eigenvalue weighted by atomic mass is 9.92. The molecule has 1 nitrogen and oxygen atoms in total. The Bertz CT molecular complexity index is 2880. The highest BCUT2D eigenvalue weighted by Crippen LogP contribution is 2.46. The summed E-state index contributed by atoms with van der Waals surface area (Å²) in [4.78, 5) is 2.40. The Labute approximate surface area is 307 Å². The molecule has 2 heteroatoms. The average Bonchev–Trinajstić information content (AvgIpc) is 3.60. The molecule has 244 valence electrons. The van der Waals surface area contributed by atoms with Gasteiger partial charge in [-0.05, 0) is 98.1 Å². The molecule has 0 saturated heterocycles. The van der Waals surface area contributed by atoms with Crippen LogP contribution in [0.3, 0.4) is 0 Å². The van der Waals surface area contributed by atoms with E-state index in [1.165, 1.54) is 75.1 Å². The number of fused-ring (bicyclic) bond motifs is 6. The van der Waals surface area contributed by atoms with Gasteiger partial charge in [0.05, 0.1) is 0 Å². The topological polar surface area (TPSA) is 3.24 Å². The van der Waals surface area contributed by atoms with Gasteiger partial charge in [-0.3, -0.25) is 0 Å². The molecule has 0 aliphatic rings. The molecule has 0 amide bonds. The predicted molar refractivity (Wildman–Crippen MR) is 225 cm³/mol. The Morgan fingerprint density at radius 2 is 0.885 bits per heavy atom. The van der Waals surface area contributed by atoms with E-state index < -0.39 is 0 Å². The number of rotatable bonds is 6. The molecule has 0 atom stereocenters. The van der Waals surface area contributed by atoms with Gasteiger partial charge in [0.25, 0.3) is 0 Å². The predicted octanol–water partition coefficient (Wildman–Crippen LogP) is 14.8. The van der Waals surface area contributed by atoms with Gasteiger partial charge >= 0.3 is 0 Å². The van der Waals surface area contributed by atoms with Crippen LogP contribution in [0.25, 0.3) is 75.1 Å². The number of hydrogen-bond donors (Lipinski definition) is 0. The summed E-state index contributed by atoms with van der Waals surface area (Å²) < 4.78 is 2.62. The number of hydrogen-bond acceptors (Lipinski definition) is 2. The van der Waals surface area contributed by atoms with E-state index in [0.29, 0.717) is 0 Å². The van der Waals surface area contributed by atoms with Gasteiger partial charge in [-0.2, -0.15) is 0 Å². The lowest BCUT2D eigenvalue weighted by Gasteiger charge is -2.26. The van der Waals surface area contributed by atoms with Crippen LogP contribution in [0.5, 0.6) is 0 Å². The second kappa shape index (κ2) is 12.7. The molecule has 1 heterocycles. The molecule has 0 unspecified atom stereocenters. The molecule has 0 N–H and O–H groups in total. The summed E-state index contributed by atoms with van der Waals surface area (Å²) >= 11 is 1.89. The SMILES string of the molecule is c1ccc(-c2ccc(N(c3cccc(-c4ccccc4)c3)c3ccc4sc5c6ccccc6c(-c6cccc7ccccc67)cc5c4c3)cc2)cc1. The molecule has 0 aliphatic carbocycles. The lowest BCUT2D eigenvalue weighted by Crippen LogP contribution is -2.10. The van der Waals surface area contributed by atoms with Gasteiger partial charge in [-0.25, -0.2) is 0 Å². The second-order valence-corrected chi connectivity index (χ2v) is 14.4. The molecule has 9 aromatic carbocycles. The van der Waals surface area contributed by atoms with Gasteiger partial charge in [-0.1, -0.05) is 152 Å². The van der Waals surface area contributed by atoms with Crippen LogP contribution in [0.1, 0.15) is 0 Å². The maximum atomic E-state index is 2.44. The molecule has 0 fully saturated rings. The van der Waals surface area contributed by atoms with Crippen molar-refractivity contribution >= 4 is 70.1 Å². The van der Waals surface area contributed by atoms with Crippen LogP contribution in [0.15, 0.2) is 200 Å². The van der Waals surface area contributed by atoms with E-state index >= 15 is 0 Å². The van der Waals surface area contributed by atoms with Crippen molar-refractivity contribution in [1.29, 1.82) is 0 Å². The number of thiophene rings is 1. The maximum absolute atomic E-state index is 2.44. The van der Waals surface area contributed by atoms with Crippen molar-refractivity contribution in [3.63, 3.8) is 0 Å². The zero-order valence-electron chi connectivity index (χ0n) is 28.4. The highest BCUT2D eigenvalue weighted by atomic mass is 32.1. The maximum Gasteiger partial charge on any atom is 0.0468 e. The van der Waals surface area contributed by atoms with Gasteiger partial charge < -0.3 is 4.90 Å². The summed E-state index contributed by atoms with van der Waals surface area (Å²) in [7, 11) is 0. The minimum absolute atomic E-state index is 1.12. The molecule has 0 bridgehead atoms. The summed E-state index contributed by atoms with van der Waals surface area (Å²) in [6, 6.07) is 72.8. The van der Waals surface area contributed by atoms with E-state index in [1.807, 2.05) is 11.3 Å². The standard InChI is InChI=1S/C50H33NS/c1-3-13-34(14-4-1)36-25-27-39(28-26-36)51(40-20-11-19-38(31-40)35-15-5-2-6-16-35)41-29-30-49-47(32-41)48-33-46(44-22-9-10-23-45(44)50(48)52-49)43-24-12-18-37-17-7-8-21-42(37)43/h1-33H. The van der Waals surface area contributed by atoms with E-state index in [9.17, 15) is 0 Å². The van der Waals surface area contributed by atoms with Crippen molar-refractivity contribution in [2.75, 3.05) is 4.90 Å². The van der Waals surface area contributed by atoms with E-state index in [0.717, 1.165) is 17.1 Å². The first-order valence-corrected chi connectivity index (χ1v) is 18.6. The largest absolute Gasteiger partial charge is 0.310 e. The van der Waals surface area contributed by atoms with Crippen LogP contribution in [0.2, 0.25) is 0 Å². The van der Waals surface area contributed by atoms with Crippen LogP contribution in [0.4, 0.5) is 17.1 Å². The van der Waals surface area contributed by atoms with E-state index in [4.69, 9.17) is 0 Å². The molecule has 0 spiro atoms. The summed E-state index contributed by atoms with van der Waals surface area (Å²) in [5.74, 6) is 0. The Morgan fingerprint density at radius 3 is 1.67 bits per heavy atom. The Hall–Kier alpha value is -6.48. The molecule has 0 radical (unpaired) electrons. The van der Waals surface area contributed by atoms with Crippen molar-refractivity contribution in [3.8, 4) is 33.4 Å². The highest BCUT2D eigenvalue weighted by Gasteiger charge is 2.19. The third-order valence-corrected chi connectivity index (χ3v) is 11.5. The summed E-state index contributed by atoms with van der Waals surface area (Å²) in [6.07, 6.45) is 0.